The number of fused-ring (bicyclic) bond motifs is 4. The highest BCUT2D eigenvalue weighted by Gasteiger charge is 2.62. The van der Waals surface area contributed by atoms with Crippen LogP contribution >= 0.6 is 0 Å². The van der Waals surface area contributed by atoms with Crippen molar-refractivity contribution in [1.82, 2.24) is 14.9 Å². The normalized spacial score (nSPS) is 19.3. The molecule has 5 rings (SSSR count). The molecule has 1 N–H and O–H groups in total. The third kappa shape index (κ3) is 6.69. The molecule has 12 heteroatoms. The molecule has 2 heterocycles. The smallest absolute Gasteiger partial charge is 0.394 e. The van der Waals surface area contributed by atoms with Gasteiger partial charge in [-0.1, -0.05) is 38.1 Å². The fourth-order valence-electron chi connectivity index (χ4n) is 5.66. The third-order valence-corrected chi connectivity index (χ3v) is 9.87. The zero-order chi connectivity index (χ0) is 31.9. The van der Waals surface area contributed by atoms with Crippen LogP contribution in [0.3, 0.4) is 0 Å². The van der Waals surface area contributed by atoms with Crippen molar-refractivity contribution in [2.24, 2.45) is 11.3 Å². The van der Waals surface area contributed by atoms with Gasteiger partial charge in [0.25, 0.3) is 15.9 Å². The SMILES string of the molecule is Cc1cccc(C)c1-c1cc2nc(n1)NS(=O)(=O)c1cccc(c1)C(=O)N(CCC(C)C)[C@H](CCC1(C(F)(F)F)CC1)CO2. The summed E-state index contributed by atoms with van der Waals surface area (Å²) in [5, 5.41) is 0. The molecular weight excluding hydrogens is 593 g/mol. The molecule has 1 atom stereocenters. The largest absolute Gasteiger partial charge is 0.475 e. The number of rotatable bonds is 7. The Morgan fingerprint density at radius 1 is 1.07 bits per heavy atom. The number of nitrogens with one attached hydrogen (secondary N) is 1. The summed E-state index contributed by atoms with van der Waals surface area (Å²) in [7, 11) is -4.22. The van der Waals surface area contributed by atoms with Crippen LogP contribution in [0.4, 0.5) is 19.1 Å². The molecule has 3 aromatic rings. The topological polar surface area (TPSA) is 101 Å². The summed E-state index contributed by atoms with van der Waals surface area (Å²) in [6, 6.07) is 12.2. The van der Waals surface area contributed by atoms with Crippen molar-refractivity contribution in [3.63, 3.8) is 0 Å². The second-order valence-corrected chi connectivity index (χ2v) is 14.0. The van der Waals surface area contributed by atoms with Crippen LogP contribution < -0.4 is 9.46 Å². The number of nitrogens with zero attached hydrogens (tertiary/aromatic N) is 3. The maximum Gasteiger partial charge on any atom is 0.394 e. The Morgan fingerprint density at radius 3 is 2.39 bits per heavy atom. The van der Waals surface area contributed by atoms with E-state index in [1.165, 1.54) is 29.2 Å². The molecule has 2 aliphatic rings. The van der Waals surface area contributed by atoms with E-state index >= 15 is 0 Å². The van der Waals surface area contributed by atoms with Crippen LogP contribution in [-0.2, 0) is 10.0 Å². The molecule has 1 aromatic heterocycles. The molecule has 1 aliphatic carbocycles. The van der Waals surface area contributed by atoms with Crippen LogP contribution in [-0.4, -0.2) is 54.6 Å². The van der Waals surface area contributed by atoms with E-state index in [0.29, 0.717) is 12.1 Å². The van der Waals surface area contributed by atoms with Gasteiger partial charge < -0.3 is 9.64 Å². The maximum atomic E-state index is 14.0. The minimum absolute atomic E-state index is 0.0412. The van der Waals surface area contributed by atoms with Gasteiger partial charge in [0.15, 0.2) is 0 Å². The lowest BCUT2D eigenvalue weighted by Crippen LogP contribution is -2.45. The van der Waals surface area contributed by atoms with Crippen molar-refractivity contribution in [3.8, 4) is 17.1 Å². The Labute approximate surface area is 256 Å². The highest BCUT2D eigenvalue weighted by atomic mass is 32.2. The first kappa shape index (κ1) is 31.7. The minimum Gasteiger partial charge on any atom is -0.475 e. The van der Waals surface area contributed by atoms with Gasteiger partial charge in [0.2, 0.25) is 11.8 Å². The van der Waals surface area contributed by atoms with E-state index in [-0.39, 0.29) is 67.0 Å². The number of sulfonamides is 1. The molecule has 8 nitrogen and oxygen atoms in total. The standard InChI is InChI=1S/C32H37F3N4O4S/c1-20(2)12-16-39-24(11-13-31(14-15-31)32(33,34)35)19-43-27-18-26(28-21(3)7-5-8-22(28)4)36-30(37-27)38-44(41,42)25-10-6-9-23(17-25)29(39)40/h5-10,17-18,20,24H,11-16,19H2,1-4H3,(H,36,37,38)/t24-/m1/s1. The quantitative estimate of drug-likeness (QED) is 0.304. The molecule has 0 unspecified atom stereocenters. The number of aryl methyl sites for hydroxylation is 2. The monoisotopic (exact) mass is 630 g/mol. The molecule has 0 radical (unpaired) electrons. The van der Waals surface area contributed by atoms with Gasteiger partial charge in [-0.05, 0) is 81.2 Å². The van der Waals surface area contributed by atoms with E-state index in [1.807, 2.05) is 45.9 Å². The van der Waals surface area contributed by atoms with Crippen molar-refractivity contribution in [3.05, 3.63) is 65.2 Å². The van der Waals surface area contributed by atoms with Gasteiger partial charge in [-0.3, -0.25) is 4.79 Å². The number of amides is 1. The van der Waals surface area contributed by atoms with Gasteiger partial charge in [-0.2, -0.15) is 18.2 Å². The number of alkyl halides is 3. The van der Waals surface area contributed by atoms with E-state index in [1.54, 1.807) is 6.07 Å². The van der Waals surface area contributed by atoms with Crippen LogP contribution in [0.5, 0.6) is 5.88 Å². The molecule has 1 fully saturated rings. The fraction of sp³-hybridized carbons (Fsp3) is 0.469. The first-order chi connectivity index (χ1) is 20.7. The fourth-order valence-corrected chi connectivity index (χ4v) is 6.65. The Kier molecular flexibility index (Phi) is 8.67. The molecule has 1 aliphatic heterocycles. The van der Waals surface area contributed by atoms with Crippen LogP contribution in [0, 0.1) is 25.2 Å². The van der Waals surface area contributed by atoms with Crippen LogP contribution in [0.2, 0.25) is 0 Å². The van der Waals surface area contributed by atoms with Crippen molar-refractivity contribution in [2.45, 2.75) is 76.9 Å². The molecule has 4 bridgehead atoms. The first-order valence-corrected chi connectivity index (χ1v) is 16.3. The van der Waals surface area contributed by atoms with Gasteiger partial charge in [0.1, 0.15) is 6.61 Å². The zero-order valence-electron chi connectivity index (χ0n) is 25.2. The Hall–Kier alpha value is -3.67. The summed E-state index contributed by atoms with van der Waals surface area (Å²) in [6.45, 7) is 7.94. The lowest BCUT2D eigenvalue weighted by atomic mass is 9.95. The van der Waals surface area contributed by atoms with Gasteiger partial charge in [-0.15, -0.1) is 0 Å². The number of hydrogen-bond acceptors (Lipinski definition) is 6. The van der Waals surface area contributed by atoms with Crippen molar-refractivity contribution >= 4 is 21.9 Å². The lowest BCUT2D eigenvalue weighted by Gasteiger charge is -2.34. The summed E-state index contributed by atoms with van der Waals surface area (Å²) < 4.78 is 77.3. The number of hydrogen-bond donors (Lipinski definition) is 1. The summed E-state index contributed by atoms with van der Waals surface area (Å²) in [5.74, 6) is -0.446. The average Bonchev–Trinajstić information content (AvgIpc) is 3.75. The van der Waals surface area contributed by atoms with Gasteiger partial charge in [-0.25, -0.2) is 18.1 Å². The van der Waals surface area contributed by atoms with E-state index in [0.717, 1.165) is 16.7 Å². The molecule has 236 valence electrons. The predicted octanol–water partition coefficient (Wildman–Crippen LogP) is 6.93. The third-order valence-electron chi connectivity index (χ3n) is 8.54. The van der Waals surface area contributed by atoms with Crippen molar-refractivity contribution in [1.29, 1.82) is 0 Å². The number of halogens is 3. The molecule has 1 amide bonds. The molecule has 0 saturated heterocycles. The summed E-state index contributed by atoms with van der Waals surface area (Å²) in [6.07, 6.45) is -3.70. The highest BCUT2D eigenvalue weighted by Crippen LogP contribution is 2.60. The van der Waals surface area contributed by atoms with Crippen LogP contribution in [0.25, 0.3) is 11.3 Å². The Morgan fingerprint density at radius 2 is 1.75 bits per heavy atom. The van der Waals surface area contributed by atoms with E-state index in [2.05, 4.69) is 14.7 Å². The zero-order valence-corrected chi connectivity index (χ0v) is 26.1. The second kappa shape index (κ2) is 12.0. The summed E-state index contributed by atoms with van der Waals surface area (Å²) in [4.78, 5) is 24.2. The van der Waals surface area contributed by atoms with Gasteiger partial charge >= 0.3 is 6.18 Å². The Bertz CT molecular complexity index is 1640. The van der Waals surface area contributed by atoms with Crippen molar-refractivity contribution in [2.75, 3.05) is 17.9 Å². The molecule has 44 heavy (non-hydrogen) atoms. The summed E-state index contributed by atoms with van der Waals surface area (Å²) >= 11 is 0. The van der Waals surface area contributed by atoms with E-state index < -0.39 is 33.6 Å². The number of carbonyl (C=O) groups is 1. The lowest BCUT2D eigenvalue weighted by molar-refractivity contribution is -0.189. The predicted molar refractivity (Wildman–Crippen MR) is 161 cm³/mol. The van der Waals surface area contributed by atoms with Gasteiger partial charge in [0.05, 0.1) is 22.0 Å². The molecule has 2 aromatic carbocycles. The molecular formula is C32H37F3N4O4S. The number of carbonyl (C=O) groups excluding carboxylic acids is 1. The molecule has 1 saturated carbocycles. The second-order valence-electron chi connectivity index (χ2n) is 12.3. The highest BCUT2D eigenvalue weighted by molar-refractivity contribution is 7.92. The van der Waals surface area contributed by atoms with Crippen LogP contribution in [0.15, 0.2) is 53.4 Å². The van der Waals surface area contributed by atoms with Crippen LogP contribution in [0.1, 0.15) is 67.4 Å². The van der Waals surface area contributed by atoms with Crippen molar-refractivity contribution < 1.29 is 31.1 Å². The number of benzene rings is 2. The first-order valence-electron chi connectivity index (χ1n) is 14.8. The number of ether oxygens (including phenoxy) is 1. The Balaban J connectivity index is 1.62. The minimum atomic E-state index is -4.33. The molecule has 0 spiro atoms. The number of aromatic nitrogens is 2. The van der Waals surface area contributed by atoms with E-state index in [4.69, 9.17) is 4.74 Å². The maximum absolute atomic E-state index is 14.0. The summed E-state index contributed by atoms with van der Waals surface area (Å²) in [5.41, 5.74) is 1.36. The number of anilines is 1. The van der Waals surface area contributed by atoms with Gasteiger partial charge in [0, 0.05) is 23.7 Å². The average molecular weight is 631 g/mol. The van der Waals surface area contributed by atoms with E-state index in [9.17, 15) is 26.4 Å².